The molecule has 0 aromatic carbocycles. The smallest absolute Gasteiger partial charge is 0.356 e. The molecule has 0 unspecified atom stereocenters. The van der Waals surface area contributed by atoms with Crippen molar-refractivity contribution < 1.29 is 25.6 Å². The van der Waals surface area contributed by atoms with Crippen molar-refractivity contribution in [3.63, 3.8) is 0 Å². The molecule has 180 valence electrons. The van der Waals surface area contributed by atoms with Crippen LogP contribution in [0.3, 0.4) is 0 Å². The van der Waals surface area contributed by atoms with Crippen LogP contribution in [-0.2, 0) is 9.47 Å². The molecule has 3 rings (SSSR count). The number of nitrogens with zero attached hydrogens (tertiary/aromatic N) is 4. The lowest BCUT2D eigenvalue weighted by molar-refractivity contribution is 0.0593. The van der Waals surface area contributed by atoms with Crippen molar-refractivity contribution in [1.29, 1.82) is 0 Å². The third kappa shape index (κ3) is 9.52. The largest absolute Gasteiger partial charge is 0.464 e. The number of aliphatic hydroxyl groups excluding tert-OH is 1. The Morgan fingerprint density at radius 2 is 1.84 bits per heavy atom. The molecule has 1 amide bonds. The minimum absolute atomic E-state index is 0. The molecule has 1 saturated carbocycles. The summed E-state index contributed by atoms with van der Waals surface area (Å²) in [6.45, 7) is 4.82. The predicted molar refractivity (Wildman–Crippen MR) is 122 cm³/mol. The first-order valence-electron chi connectivity index (χ1n) is 10.9. The third-order valence-corrected chi connectivity index (χ3v) is 4.31. The Morgan fingerprint density at radius 3 is 2.34 bits per heavy atom. The molecule has 1 aliphatic rings. The number of aliphatic hydroxyl groups is 1. The number of esters is 1. The summed E-state index contributed by atoms with van der Waals surface area (Å²) in [4.78, 5) is 36.7. The Hall–Kier alpha value is -2.85. The number of nitrogens with one attached hydrogen (secondary N) is 1. The van der Waals surface area contributed by atoms with Crippen LogP contribution in [0.2, 0.25) is 0 Å². The summed E-state index contributed by atoms with van der Waals surface area (Å²) in [7, 11) is 2.82. The average molecular weight is 452 g/mol. The van der Waals surface area contributed by atoms with E-state index >= 15 is 0 Å². The summed E-state index contributed by atoms with van der Waals surface area (Å²) in [5, 5.41) is 10.9. The summed E-state index contributed by atoms with van der Waals surface area (Å²) >= 11 is 0. The molecule has 0 radical (unpaired) electrons. The van der Waals surface area contributed by atoms with E-state index in [4.69, 9.17) is 9.84 Å². The number of hydrogen-bond acceptors (Lipinski definition) is 8. The third-order valence-electron chi connectivity index (χ3n) is 4.31. The minimum Gasteiger partial charge on any atom is -0.464 e. The summed E-state index contributed by atoms with van der Waals surface area (Å²) in [6.07, 6.45) is 11.3. The second kappa shape index (κ2) is 15.9. The molecule has 10 nitrogen and oxygen atoms in total. The normalized spacial score (nSPS) is 13.2. The Labute approximate surface area is 190 Å². The van der Waals surface area contributed by atoms with Crippen LogP contribution in [-0.4, -0.2) is 70.0 Å². The molecule has 1 fully saturated rings. The van der Waals surface area contributed by atoms with Gasteiger partial charge in [-0.05, 0) is 12.8 Å². The standard InChI is InChI=1S/C16H19N5O3.C3H8O2.C3H8.H2/c1-24-15(23)13-9-12(14(22)18-11-5-3-2-4-6-11)19-16(20-13)21-8-7-17-10-21;1-5-3-2-4;1-3-2;/h7-11H,2-6H2,1H3,(H,18,22);4H,2-3H2,1H3;3H2,1-2H3;1H. The molecule has 0 atom stereocenters. The lowest BCUT2D eigenvalue weighted by atomic mass is 9.95. The van der Waals surface area contributed by atoms with Gasteiger partial charge in [0.1, 0.15) is 12.0 Å². The molecule has 0 spiro atoms. The van der Waals surface area contributed by atoms with Gasteiger partial charge in [0.15, 0.2) is 5.69 Å². The van der Waals surface area contributed by atoms with Crippen LogP contribution in [0.25, 0.3) is 5.95 Å². The quantitative estimate of drug-likeness (QED) is 0.642. The van der Waals surface area contributed by atoms with Crippen molar-refractivity contribution >= 4 is 11.9 Å². The summed E-state index contributed by atoms with van der Waals surface area (Å²) in [6, 6.07) is 1.50. The van der Waals surface area contributed by atoms with Gasteiger partial charge < -0.3 is 19.9 Å². The van der Waals surface area contributed by atoms with Crippen LogP contribution in [0.1, 0.15) is 74.8 Å². The number of rotatable bonds is 6. The van der Waals surface area contributed by atoms with Gasteiger partial charge in [-0.15, -0.1) is 0 Å². The summed E-state index contributed by atoms with van der Waals surface area (Å²) < 4.78 is 10.7. The monoisotopic (exact) mass is 451 g/mol. The van der Waals surface area contributed by atoms with E-state index < -0.39 is 5.97 Å². The van der Waals surface area contributed by atoms with Gasteiger partial charge >= 0.3 is 5.97 Å². The fourth-order valence-electron chi connectivity index (χ4n) is 2.85. The summed E-state index contributed by atoms with van der Waals surface area (Å²) in [5.74, 6) is -0.731. The van der Waals surface area contributed by atoms with Gasteiger partial charge in [0.05, 0.1) is 20.3 Å². The van der Waals surface area contributed by atoms with Gasteiger partial charge in [0.25, 0.3) is 5.91 Å². The van der Waals surface area contributed by atoms with E-state index in [-0.39, 0.29) is 37.3 Å². The number of imidazole rings is 1. The molecule has 2 aromatic heterocycles. The van der Waals surface area contributed by atoms with E-state index in [0.717, 1.165) is 25.7 Å². The predicted octanol–water partition coefficient (Wildman–Crippen LogP) is 2.80. The Kier molecular flexibility index (Phi) is 13.5. The minimum atomic E-state index is -0.620. The maximum atomic E-state index is 12.5. The van der Waals surface area contributed by atoms with E-state index in [9.17, 15) is 9.59 Å². The molecular weight excluding hydrogens is 414 g/mol. The molecule has 2 aromatic rings. The molecule has 0 bridgehead atoms. The molecular formula is C22H37N5O5. The Morgan fingerprint density at radius 1 is 1.19 bits per heavy atom. The number of methoxy groups -OCH3 is 2. The van der Waals surface area contributed by atoms with Crippen LogP contribution in [0.4, 0.5) is 0 Å². The van der Waals surface area contributed by atoms with Crippen LogP contribution < -0.4 is 5.32 Å². The fraction of sp³-hybridized carbons (Fsp3) is 0.591. The zero-order valence-corrected chi connectivity index (χ0v) is 19.4. The highest BCUT2D eigenvalue weighted by Crippen LogP contribution is 2.18. The van der Waals surface area contributed by atoms with Gasteiger partial charge in [0, 0.05) is 33.0 Å². The van der Waals surface area contributed by atoms with Crippen LogP contribution in [0.5, 0.6) is 0 Å². The number of aromatic nitrogens is 4. The number of carbonyl (C=O) groups excluding carboxylic acids is 2. The molecule has 32 heavy (non-hydrogen) atoms. The number of hydrogen-bond donors (Lipinski definition) is 2. The lowest BCUT2D eigenvalue weighted by Gasteiger charge is -2.22. The zero-order valence-electron chi connectivity index (χ0n) is 19.4. The molecule has 10 heteroatoms. The van der Waals surface area contributed by atoms with Crippen molar-refractivity contribution in [1.82, 2.24) is 24.8 Å². The first kappa shape index (κ1) is 27.2. The molecule has 0 aliphatic heterocycles. The summed E-state index contributed by atoms with van der Waals surface area (Å²) in [5.41, 5.74) is 0.171. The highest BCUT2D eigenvalue weighted by molar-refractivity contribution is 5.95. The molecule has 2 N–H and O–H groups in total. The van der Waals surface area contributed by atoms with Gasteiger partial charge in [-0.1, -0.05) is 39.5 Å². The maximum Gasteiger partial charge on any atom is 0.356 e. The number of carbonyl (C=O) groups is 2. The Bertz CT molecular complexity index is 796. The van der Waals surface area contributed by atoms with Crippen molar-refractivity contribution in [2.75, 3.05) is 27.4 Å². The first-order valence-corrected chi connectivity index (χ1v) is 10.9. The second-order valence-corrected chi connectivity index (χ2v) is 7.13. The SMILES string of the molecule is CCC.COC(=O)c1cc(C(=O)NC2CCCCC2)nc(-n2ccnc2)n1.COCCO.[HH]. The van der Waals surface area contributed by atoms with Crippen molar-refractivity contribution in [3.8, 4) is 5.95 Å². The van der Waals surface area contributed by atoms with Crippen molar-refractivity contribution in [3.05, 3.63) is 36.2 Å². The van der Waals surface area contributed by atoms with E-state index in [1.165, 1.54) is 36.9 Å². The van der Waals surface area contributed by atoms with Crippen LogP contribution in [0.15, 0.2) is 24.8 Å². The number of ether oxygens (including phenoxy) is 2. The van der Waals surface area contributed by atoms with Gasteiger partial charge in [0.2, 0.25) is 5.95 Å². The second-order valence-electron chi connectivity index (χ2n) is 7.13. The highest BCUT2D eigenvalue weighted by Gasteiger charge is 2.21. The number of amides is 1. The topological polar surface area (TPSA) is 128 Å². The van der Waals surface area contributed by atoms with Gasteiger partial charge in [-0.3, -0.25) is 9.36 Å². The Balaban J connectivity index is 0.000000991. The average Bonchev–Trinajstić information content (AvgIpc) is 3.35. The molecule has 0 saturated heterocycles. The van der Waals surface area contributed by atoms with Gasteiger partial charge in [-0.2, -0.15) is 0 Å². The van der Waals surface area contributed by atoms with Crippen molar-refractivity contribution in [2.24, 2.45) is 0 Å². The van der Waals surface area contributed by atoms with Crippen LogP contribution in [0, 0.1) is 0 Å². The van der Waals surface area contributed by atoms with E-state index in [0.29, 0.717) is 6.61 Å². The zero-order chi connectivity index (χ0) is 23.8. The first-order chi connectivity index (χ1) is 15.5. The molecule has 2 heterocycles. The van der Waals surface area contributed by atoms with E-state index in [1.807, 2.05) is 0 Å². The fourth-order valence-corrected chi connectivity index (χ4v) is 2.85. The lowest BCUT2D eigenvalue weighted by Crippen LogP contribution is -2.37. The van der Waals surface area contributed by atoms with Crippen molar-refractivity contribution in [2.45, 2.75) is 58.4 Å². The highest BCUT2D eigenvalue weighted by atomic mass is 16.5. The molecule has 1 aliphatic carbocycles. The van der Waals surface area contributed by atoms with E-state index in [1.54, 1.807) is 19.5 Å². The maximum absolute atomic E-state index is 12.5. The van der Waals surface area contributed by atoms with E-state index in [2.05, 4.69) is 38.9 Å². The van der Waals surface area contributed by atoms with Gasteiger partial charge in [-0.25, -0.2) is 19.7 Å². The van der Waals surface area contributed by atoms with Crippen LogP contribution >= 0.6 is 0 Å².